The van der Waals surface area contributed by atoms with Crippen molar-refractivity contribution in [2.45, 2.75) is 13.3 Å². The van der Waals surface area contributed by atoms with Gasteiger partial charge in [-0.05, 0) is 23.1 Å². The fraction of sp³-hybridized carbons (Fsp3) is 0.231. The molecule has 0 amide bonds. The highest BCUT2D eigenvalue weighted by molar-refractivity contribution is 5.67. The average molecular weight is 189 g/mol. The quantitative estimate of drug-likeness (QED) is 0.727. The van der Waals surface area contributed by atoms with Gasteiger partial charge < -0.3 is 5.73 Å². The molecule has 0 aliphatic carbocycles. The number of rotatable bonds is 3. The summed E-state index contributed by atoms with van der Waals surface area (Å²) in [4.78, 5) is 0. The summed E-state index contributed by atoms with van der Waals surface area (Å²) in [5.74, 6) is 0. The molecule has 0 aliphatic heterocycles. The maximum absolute atomic E-state index is 5.53. The van der Waals surface area contributed by atoms with Gasteiger partial charge in [0, 0.05) is 6.54 Å². The van der Waals surface area contributed by atoms with E-state index in [1.54, 1.807) is 0 Å². The van der Waals surface area contributed by atoms with Crippen LogP contribution in [0, 0.1) is 0 Å². The first-order valence-electron chi connectivity index (χ1n) is 4.75. The maximum atomic E-state index is 5.53. The topological polar surface area (TPSA) is 26.0 Å². The summed E-state index contributed by atoms with van der Waals surface area (Å²) >= 11 is 0. The highest BCUT2D eigenvalue weighted by atomic mass is 14.5. The predicted molar refractivity (Wildman–Crippen MR) is 65.2 cm³/mol. The zero-order valence-electron chi connectivity index (χ0n) is 8.92. The highest BCUT2D eigenvalue weighted by Gasteiger charge is 2.00. The zero-order valence-corrected chi connectivity index (χ0v) is 8.92. The Hall–Kier alpha value is -1.34. The number of hydrogen-bond acceptors (Lipinski definition) is 1. The third-order valence-corrected chi connectivity index (χ3v) is 2.03. The molecule has 0 aliphatic rings. The van der Waals surface area contributed by atoms with Crippen LogP contribution in [0.5, 0.6) is 0 Å². The van der Waals surface area contributed by atoms with Gasteiger partial charge in [-0.2, -0.15) is 0 Å². The molecule has 1 nitrogen and oxygen atoms in total. The standard InChI is InChI=1S/C11H15N.C2H4/c1-3-10-6-4-5-7-11(10)9(2)8-12;1-2/h4-7H,2-3,8,12H2,1H3;1-2H2. The Morgan fingerprint density at radius 2 is 1.86 bits per heavy atom. The summed E-state index contributed by atoms with van der Waals surface area (Å²) in [5, 5.41) is 0. The fourth-order valence-corrected chi connectivity index (χ4v) is 1.28. The van der Waals surface area contributed by atoms with Crippen LogP contribution < -0.4 is 5.73 Å². The Bertz CT molecular complexity index is 289. The molecule has 0 aromatic heterocycles. The van der Waals surface area contributed by atoms with Crippen LogP contribution in [0.15, 0.2) is 44.0 Å². The molecule has 0 atom stereocenters. The van der Waals surface area contributed by atoms with Crippen LogP contribution in [-0.2, 0) is 6.42 Å². The minimum Gasteiger partial charge on any atom is -0.326 e. The SMILES string of the molecule is C=C.C=C(CN)c1ccccc1CC. The van der Waals surface area contributed by atoms with Crippen LogP contribution in [0.25, 0.3) is 5.57 Å². The van der Waals surface area contributed by atoms with E-state index in [1.807, 2.05) is 12.1 Å². The molecule has 2 N–H and O–H groups in total. The summed E-state index contributed by atoms with van der Waals surface area (Å²) in [7, 11) is 0. The van der Waals surface area contributed by atoms with E-state index in [0.717, 1.165) is 12.0 Å². The lowest BCUT2D eigenvalue weighted by Gasteiger charge is -2.07. The summed E-state index contributed by atoms with van der Waals surface area (Å²) in [6, 6.07) is 8.27. The van der Waals surface area contributed by atoms with Crippen LogP contribution in [0.3, 0.4) is 0 Å². The van der Waals surface area contributed by atoms with Crippen molar-refractivity contribution >= 4 is 5.57 Å². The van der Waals surface area contributed by atoms with Gasteiger partial charge in [-0.1, -0.05) is 37.8 Å². The van der Waals surface area contributed by atoms with E-state index in [2.05, 4.69) is 38.8 Å². The minimum absolute atomic E-state index is 0.539. The second-order valence-corrected chi connectivity index (χ2v) is 2.82. The van der Waals surface area contributed by atoms with Crippen LogP contribution in [0.1, 0.15) is 18.1 Å². The normalized spacial score (nSPS) is 8.71. The van der Waals surface area contributed by atoms with Gasteiger partial charge in [0.15, 0.2) is 0 Å². The van der Waals surface area contributed by atoms with E-state index < -0.39 is 0 Å². The fourth-order valence-electron chi connectivity index (χ4n) is 1.28. The van der Waals surface area contributed by atoms with Crippen molar-refractivity contribution in [2.24, 2.45) is 5.73 Å². The van der Waals surface area contributed by atoms with Crippen molar-refractivity contribution in [3.63, 3.8) is 0 Å². The van der Waals surface area contributed by atoms with E-state index in [-0.39, 0.29) is 0 Å². The van der Waals surface area contributed by atoms with Gasteiger partial charge in [0.2, 0.25) is 0 Å². The molecule has 1 heteroatoms. The van der Waals surface area contributed by atoms with Gasteiger partial charge in [-0.25, -0.2) is 0 Å². The first-order valence-corrected chi connectivity index (χ1v) is 4.75. The molecule has 0 spiro atoms. The lowest BCUT2D eigenvalue weighted by Crippen LogP contribution is -2.03. The average Bonchev–Trinajstić information content (AvgIpc) is 2.30. The molecule has 14 heavy (non-hydrogen) atoms. The molecule has 76 valence electrons. The first-order chi connectivity index (χ1) is 6.79. The van der Waals surface area contributed by atoms with Gasteiger partial charge in [0.25, 0.3) is 0 Å². The maximum Gasteiger partial charge on any atom is 0.0178 e. The smallest absolute Gasteiger partial charge is 0.0178 e. The highest BCUT2D eigenvalue weighted by Crippen LogP contribution is 2.16. The summed E-state index contributed by atoms with van der Waals surface area (Å²) in [5.41, 5.74) is 9.09. The van der Waals surface area contributed by atoms with Crippen molar-refractivity contribution < 1.29 is 0 Å². The Labute approximate surface area is 87.0 Å². The molecule has 1 rings (SSSR count). The van der Waals surface area contributed by atoms with E-state index in [9.17, 15) is 0 Å². The van der Waals surface area contributed by atoms with Crippen LogP contribution in [0.4, 0.5) is 0 Å². The van der Waals surface area contributed by atoms with Crippen LogP contribution in [-0.4, -0.2) is 6.54 Å². The van der Waals surface area contributed by atoms with Crippen molar-refractivity contribution in [1.29, 1.82) is 0 Å². The summed E-state index contributed by atoms with van der Waals surface area (Å²) < 4.78 is 0. The molecule has 0 fully saturated rings. The molecule has 0 bridgehead atoms. The van der Waals surface area contributed by atoms with Crippen LogP contribution >= 0.6 is 0 Å². The second kappa shape index (κ2) is 7.10. The van der Waals surface area contributed by atoms with Crippen molar-refractivity contribution in [2.75, 3.05) is 6.54 Å². The summed E-state index contributed by atoms with van der Waals surface area (Å²) in [6.45, 7) is 12.6. The van der Waals surface area contributed by atoms with Crippen LogP contribution in [0.2, 0.25) is 0 Å². The first kappa shape index (κ1) is 12.7. The number of nitrogens with two attached hydrogens (primary N) is 1. The number of benzene rings is 1. The lowest BCUT2D eigenvalue weighted by atomic mass is 9.99. The van der Waals surface area contributed by atoms with Crippen molar-refractivity contribution in [3.05, 3.63) is 55.1 Å². The van der Waals surface area contributed by atoms with Gasteiger partial charge in [-0.3, -0.25) is 0 Å². The molecular weight excluding hydrogens is 170 g/mol. The molecule has 0 heterocycles. The van der Waals surface area contributed by atoms with E-state index >= 15 is 0 Å². The third kappa shape index (κ3) is 3.19. The largest absolute Gasteiger partial charge is 0.326 e. The monoisotopic (exact) mass is 189 g/mol. The minimum atomic E-state index is 0.539. The third-order valence-electron chi connectivity index (χ3n) is 2.03. The Kier molecular flexibility index (Phi) is 6.42. The van der Waals surface area contributed by atoms with Gasteiger partial charge >= 0.3 is 0 Å². The second-order valence-electron chi connectivity index (χ2n) is 2.82. The molecule has 0 radical (unpaired) electrons. The molecule has 1 aromatic rings. The number of aryl methyl sites for hydroxylation is 1. The van der Waals surface area contributed by atoms with Crippen molar-refractivity contribution in [1.82, 2.24) is 0 Å². The molecule has 0 saturated carbocycles. The summed E-state index contributed by atoms with van der Waals surface area (Å²) in [6.07, 6.45) is 1.04. The van der Waals surface area contributed by atoms with E-state index in [4.69, 9.17) is 5.73 Å². The Morgan fingerprint density at radius 3 is 2.36 bits per heavy atom. The van der Waals surface area contributed by atoms with Crippen molar-refractivity contribution in [3.8, 4) is 0 Å². The molecular formula is C13H19N. The molecule has 0 unspecified atom stereocenters. The zero-order chi connectivity index (χ0) is 11.0. The van der Waals surface area contributed by atoms with E-state index in [1.165, 1.54) is 11.1 Å². The predicted octanol–water partition coefficient (Wildman–Crippen LogP) is 3.02. The molecule has 0 saturated heterocycles. The van der Waals surface area contributed by atoms with Gasteiger partial charge in [0.05, 0.1) is 0 Å². The Balaban J connectivity index is 0.000000791. The van der Waals surface area contributed by atoms with E-state index in [0.29, 0.717) is 6.54 Å². The molecule has 1 aromatic carbocycles. The Morgan fingerprint density at radius 1 is 1.29 bits per heavy atom. The number of hydrogen-bond donors (Lipinski definition) is 1. The van der Waals surface area contributed by atoms with Gasteiger partial charge in [-0.15, -0.1) is 13.2 Å². The van der Waals surface area contributed by atoms with Gasteiger partial charge in [0.1, 0.15) is 0 Å². The lowest BCUT2D eigenvalue weighted by molar-refractivity contribution is 1.12.